The first kappa shape index (κ1) is 21.2. The lowest BCUT2D eigenvalue weighted by atomic mass is 10.1. The van der Waals surface area contributed by atoms with Gasteiger partial charge in [0.1, 0.15) is 36.7 Å². The third kappa shape index (κ3) is 4.29. The summed E-state index contributed by atoms with van der Waals surface area (Å²) in [7, 11) is 0. The highest BCUT2D eigenvalue weighted by molar-refractivity contribution is 5.89. The summed E-state index contributed by atoms with van der Waals surface area (Å²) < 4.78 is 21.1. The molecule has 13 heteroatoms. The first-order valence-electron chi connectivity index (χ1n) is 11.0. The highest BCUT2D eigenvalue weighted by Crippen LogP contribution is 2.36. The molecule has 2 aliphatic heterocycles. The monoisotopic (exact) mass is 475 g/mol. The zero-order valence-corrected chi connectivity index (χ0v) is 18.3. The minimum absolute atomic E-state index is 0.217. The molecule has 6 rings (SSSR count). The third-order valence-corrected chi connectivity index (χ3v) is 5.88. The Bertz CT molecular complexity index is 1280. The number of hydrogen-bond acceptors (Lipinski definition) is 9. The van der Waals surface area contributed by atoms with E-state index in [4.69, 9.17) is 14.2 Å². The smallest absolute Gasteiger partial charge is 0.341 e. The molecular formula is C22H21N9O4. The molecule has 0 radical (unpaired) electrons. The predicted molar refractivity (Wildman–Crippen MR) is 120 cm³/mol. The normalized spacial score (nSPS) is 23.1. The van der Waals surface area contributed by atoms with Gasteiger partial charge in [-0.1, -0.05) is 23.3 Å². The van der Waals surface area contributed by atoms with Crippen LogP contribution in [0.5, 0.6) is 11.8 Å². The summed E-state index contributed by atoms with van der Waals surface area (Å²) in [5.74, 6) is 0.560. The number of benzene rings is 2. The lowest BCUT2D eigenvalue weighted by Gasteiger charge is -2.18. The lowest BCUT2D eigenvalue weighted by molar-refractivity contribution is 0.0613. The topological polar surface area (TPSA) is 143 Å². The van der Waals surface area contributed by atoms with Gasteiger partial charge in [-0.2, -0.15) is 9.78 Å². The standard InChI is InChI=1S/C22H21N9O4/c32-21(25-14-4-2-1-3-5-14)26-17-10-33-20-18(11-34-19(17)20)31-22(27-28-29-31)35-16-8-6-15(7-9-16)30-13-23-12-24-30/h1-9,12-13,17-20H,10-11H2,(H2,25,26,32)/t17-,18-,19+,20+/m0/s1. The van der Waals surface area contributed by atoms with Gasteiger partial charge < -0.3 is 24.8 Å². The number of anilines is 1. The first-order valence-corrected chi connectivity index (χ1v) is 11.0. The average molecular weight is 475 g/mol. The summed E-state index contributed by atoms with van der Waals surface area (Å²) in [6.45, 7) is 0.635. The van der Waals surface area contributed by atoms with Crippen LogP contribution in [0.1, 0.15) is 6.04 Å². The Kier molecular flexibility index (Phi) is 5.52. The van der Waals surface area contributed by atoms with E-state index in [1.54, 1.807) is 27.8 Å². The van der Waals surface area contributed by atoms with Crippen molar-refractivity contribution in [3.63, 3.8) is 0 Å². The number of tetrazole rings is 1. The Hall–Kier alpha value is -4.36. The third-order valence-electron chi connectivity index (χ3n) is 5.88. The molecule has 0 spiro atoms. The van der Waals surface area contributed by atoms with E-state index in [-0.39, 0.29) is 36.3 Å². The van der Waals surface area contributed by atoms with Gasteiger partial charge in [0.25, 0.3) is 0 Å². The van der Waals surface area contributed by atoms with Crippen molar-refractivity contribution in [3.05, 3.63) is 67.3 Å². The van der Waals surface area contributed by atoms with Crippen molar-refractivity contribution < 1.29 is 19.0 Å². The second-order valence-electron chi connectivity index (χ2n) is 8.08. The predicted octanol–water partition coefficient (Wildman–Crippen LogP) is 1.58. The number of nitrogens with one attached hydrogen (secondary N) is 2. The molecule has 2 N–H and O–H groups in total. The fourth-order valence-corrected chi connectivity index (χ4v) is 4.24. The molecule has 0 bridgehead atoms. The van der Waals surface area contributed by atoms with Gasteiger partial charge in [0.15, 0.2) is 0 Å². The van der Waals surface area contributed by atoms with Crippen LogP contribution < -0.4 is 15.4 Å². The molecule has 2 amide bonds. The Balaban J connectivity index is 1.10. The number of rotatable bonds is 6. The van der Waals surface area contributed by atoms with Gasteiger partial charge in [-0.15, -0.1) is 0 Å². The number of nitrogens with zero attached hydrogens (tertiary/aromatic N) is 7. The lowest BCUT2D eigenvalue weighted by Crippen LogP contribution is -2.45. The van der Waals surface area contributed by atoms with Crippen molar-refractivity contribution >= 4 is 11.7 Å². The van der Waals surface area contributed by atoms with Crippen LogP contribution in [0.4, 0.5) is 10.5 Å². The number of urea groups is 1. The molecule has 4 heterocycles. The number of aromatic nitrogens is 7. The van der Waals surface area contributed by atoms with Crippen LogP contribution in [0.3, 0.4) is 0 Å². The maximum absolute atomic E-state index is 12.4. The molecule has 35 heavy (non-hydrogen) atoms. The van der Waals surface area contributed by atoms with Crippen LogP contribution in [0.2, 0.25) is 0 Å². The number of carbonyl (C=O) groups is 1. The van der Waals surface area contributed by atoms with E-state index in [1.807, 2.05) is 42.5 Å². The van der Waals surface area contributed by atoms with Crippen molar-refractivity contribution in [1.29, 1.82) is 0 Å². The summed E-state index contributed by atoms with van der Waals surface area (Å²) in [4.78, 5) is 16.4. The molecule has 13 nitrogen and oxygen atoms in total. The molecule has 2 aromatic heterocycles. The number of fused-ring (bicyclic) bond motifs is 1. The van der Waals surface area contributed by atoms with Crippen LogP contribution in [0, 0.1) is 0 Å². The van der Waals surface area contributed by atoms with Crippen LogP contribution in [0.15, 0.2) is 67.3 Å². The fraction of sp³-hybridized carbons (Fsp3) is 0.273. The summed E-state index contributed by atoms with van der Waals surface area (Å²) >= 11 is 0. The second-order valence-corrected chi connectivity index (χ2v) is 8.08. The number of hydrogen-bond donors (Lipinski definition) is 2. The molecule has 4 atom stereocenters. The number of amides is 2. The molecule has 2 fully saturated rings. The number of ether oxygens (including phenoxy) is 3. The van der Waals surface area contributed by atoms with E-state index in [0.717, 1.165) is 5.69 Å². The van der Waals surface area contributed by atoms with E-state index < -0.39 is 0 Å². The molecular weight excluding hydrogens is 454 g/mol. The zero-order chi connectivity index (χ0) is 23.6. The fourth-order valence-electron chi connectivity index (χ4n) is 4.24. The Morgan fingerprint density at radius 3 is 2.66 bits per heavy atom. The van der Waals surface area contributed by atoms with Gasteiger partial charge in [0.05, 0.1) is 24.9 Å². The molecule has 2 aliphatic rings. The highest BCUT2D eigenvalue weighted by atomic mass is 16.6. The van der Waals surface area contributed by atoms with E-state index in [2.05, 4.69) is 36.2 Å². The maximum Gasteiger partial charge on any atom is 0.341 e. The van der Waals surface area contributed by atoms with Crippen LogP contribution in [0.25, 0.3) is 5.69 Å². The number of carbonyl (C=O) groups excluding carboxylic acids is 1. The first-order chi connectivity index (χ1) is 17.2. The van der Waals surface area contributed by atoms with Gasteiger partial charge in [0.2, 0.25) is 0 Å². The molecule has 4 aromatic rings. The van der Waals surface area contributed by atoms with Crippen LogP contribution in [-0.4, -0.2) is 72.5 Å². The largest absolute Gasteiger partial charge is 0.423 e. The van der Waals surface area contributed by atoms with E-state index >= 15 is 0 Å². The van der Waals surface area contributed by atoms with Crippen LogP contribution in [-0.2, 0) is 9.47 Å². The second kappa shape index (κ2) is 9.12. The molecule has 0 aliphatic carbocycles. The minimum atomic E-state index is -0.336. The van der Waals surface area contributed by atoms with E-state index in [1.165, 1.54) is 6.33 Å². The molecule has 0 unspecified atom stereocenters. The van der Waals surface area contributed by atoms with Crippen LogP contribution >= 0.6 is 0 Å². The highest BCUT2D eigenvalue weighted by Gasteiger charge is 2.50. The number of para-hydroxylation sites is 1. The molecule has 2 aromatic carbocycles. The van der Waals surface area contributed by atoms with Crippen molar-refractivity contribution in [2.45, 2.75) is 24.3 Å². The van der Waals surface area contributed by atoms with E-state index in [9.17, 15) is 4.79 Å². The SMILES string of the molecule is O=C(Nc1ccccc1)N[C@H]1CO[C@H]2[C@@H]1OC[C@@H]2n1nnnc1Oc1ccc(-n2cncn2)cc1. The minimum Gasteiger partial charge on any atom is -0.423 e. The van der Waals surface area contributed by atoms with Gasteiger partial charge in [-0.25, -0.2) is 14.5 Å². The average Bonchev–Trinajstić information content (AvgIpc) is 3.67. The van der Waals surface area contributed by atoms with Crippen molar-refractivity contribution in [2.24, 2.45) is 0 Å². The van der Waals surface area contributed by atoms with Crippen molar-refractivity contribution in [1.82, 2.24) is 40.3 Å². The Labute approximate surface area is 199 Å². The quantitative estimate of drug-likeness (QED) is 0.425. The van der Waals surface area contributed by atoms with Gasteiger partial charge in [-0.3, -0.25) is 0 Å². The Morgan fingerprint density at radius 2 is 1.86 bits per heavy atom. The molecule has 2 saturated heterocycles. The summed E-state index contributed by atoms with van der Waals surface area (Å²) in [6, 6.07) is 15.8. The van der Waals surface area contributed by atoms with Gasteiger partial charge >= 0.3 is 12.0 Å². The zero-order valence-electron chi connectivity index (χ0n) is 18.3. The van der Waals surface area contributed by atoms with Crippen molar-refractivity contribution in [3.8, 4) is 17.4 Å². The Morgan fingerprint density at radius 1 is 1.03 bits per heavy atom. The molecule has 178 valence electrons. The maximum atomic E-state index is 12.4. The van der Waals surface area contributed by atoms with E-state index in [0.29, 0.717) is 24.7 Å². The van der Waals surface area contributed by atoms with Gasteiger partial charge in [-0.05, 0) is 46.8 Å². The van der Waals surface area contributed by atoms with Crippen molar-refractivity contribution in [2.75, 3.05) is 18.5 Å². The van der Waals surface area contributed by atoms with Gasteiger partial charge in [0, 0.05) is 5.69 Å². The summed E-state index contributed by atoms with van der Waals surface area (Å²) in [6.07, 6.45) is 2.41. The molecule has 0 saturated carbocycles. The summed E-state index contributed by atoms with van der Waals surface area (Å²) in [5.41, 5.74) is 1.55. The summed E-state index contributed by atoms with van der Waals surface area (Å²) in [5, 5.41) is 21.7.